The number of hydrogen-bond donors (Lipinski definition) is 1. The van der Waals surface area contributed by atoms with E-state index in [4.69, 9.17) is 9.84 Å². The Kier molecular flexibility index (Phi) is 4.55. The van der Waals surface area contributed by atoms with E-state index < -0.39 is 5.97 Å². The summed E-state index contributed by atoms with van der Waals surface area (Å²) in [6.45, 7) is 1.33. The molecule has 1 aromatic rings. The van der Waals surface area contributed by atoms with Crippen LogP contribution in [0.25, 0.3) is 0 Å². The molecule has 0 fully saturated rings. The Morgan fingerprint density at radius 1 is 1.39 bits per heavy atom. The lowest BCUT2D eigenvalue weighted by Crippen LogP contribution is -2.35. The fourth-order valence-corrected chi connectivity index (χ4v) is 1.47. The maximum absolute atomic E-state index is 11.5. The number of carboxylic acids is 1. The zero-order valence-electron chi connectivity index (χ0n) is 11.0. The van der Waals surface area contributed by atoms with E-state index in [1.54, 1.807) is 0 Å². The highest BCUT2D eigenvalue weighted by Gasteiger charge is 2.08. The summed E-state index contributed by atoms with van der Waals surface area (Å²) < 4.78 is 6.16. The summed E-state index contributed by atoms with van der Waals surface area (Å²) in [5.74, 6) is -1.24. The van der Waals surface area contributed by atoms with Crippen LogP contribution in [0.15, 0.2) is 18.2 Å². The van der Waals surface area contributed by atoms with Crippen LogP contribution in [-0.4, -0.2) is 49.9 Å². The van der Waals surface area contributed by atoms with E-state index in [0.29, 0.717) is 6.61 Å². The average Bonchev–Trinajstić information content (AvgIpc) is 2.24. The highest BCUT2D eigenvalue weighted by molar-refractivity contribution is 5.88. The molecule has 0 saturated heterocycles. The van der Waals surface area contributed by atoms with Crippen LogP contribution in [0.2, 0.25) is 0 Å². The van der Waals surface area contributed by atoms with Gasteiger partial charge in [0.25, 0.3) is 0 Å². The van der Waals surface area contributed by atoms with Crippen LogP contribution in [-0.2, 0) is 0 Å². The molecule has 5 heteroatoms. The smallest absolute Gasteiger partial charge is 0.335 e. The summed E-state index contributed by atoms with van der Waals surface area (Å²) in [6, 6.07) is 3.78. The third-order valence-electron chi connectivity index (χ3n) is 2.42. The third-order valence-corrected chi connectivity index (χ3v) is 2.42. The summed E-state index contributed by atoms with van der Waals surface area (Å²) in [7, 11) is 6.22. The number of quaternary nitrogens is 1. The Morgan fingerprint density at radius 2 is 2.06 bits per heavy atom. The standard InChI is InChI=1S/C13H19NO4/c1-14(2,3)7-4-8-18-12-9-10(13(16)17)5-6-11(12)15/h5-6,9H,4,7-8H2,1-3H3,(H-,15,16,17). The van der Waals surface area contributed by atoms with Crippen molar-refractivity contribution < 1.29 is 24.2 Å². The van der Waals surface area contributed by atoms with Crippen molar-refractivity contribution in [3.8, 4) is 11.5 Å². The van der Waals surface area contributed by atoms with Crippen molar-refractivity contribution in [2.45, 2.75) is 6.42 Å². The SMILES string of the molecule is C[N+](C)(C)CCCOc1cc(C(=O)O)ccc1[O-]. The number of carboxylic acid groups (broad SMARTS) is 1. The number of nitrogens with zero attached hydrogens (tertiary/aromatic N) is 1. The maximum Gasteiger partial charge on any atom is 0.335 e. The van der Waals surface area contributed by atoms with E-state index in [-0.39, 0.29) is 17.1 Å². The molecule has 0 aliphatic rings. The Labute approximate surface area is 107 Å². The zero-order valence-corrected chi connectivity index (χ0v) is 11.0. The Bertz CT molecular complexity index is 423. The monoisotopic (exact) mass is 253 g/mol. The quantitative estimate of drug-likeness (QED) is 0.605. The first-order valence-electron chi connectivity index (χ1n) is 5.77. The van der Waals surface area contributed by atoms with Gasteiger partial charge in [0.2, 0.25) is 0 Å². The van der Waals surface area contributed by atoms with Gasteiger partial charge in [0, 0.05) is 6.42 Å². The summed E-state index contributed by atoms with van der Waals surface area (Å²) in [5.41, 5.74) is 0.0659. The van der Waals surface area contributed by atoms with Gasteiger partial charge in [-0.05, 0) is 12.1 Å². The Hall–Kier alpha value is -1.75. The molecule has 0 amide bonds. The highest BCUT2D eigenvalue weighted by Crippen LogP contribution is 2.24. The molecule has 0 saturated carbocycles. The number of carbonyl (C=O) groups is 1. The number of benzene rings is 1. The lowest BCUT2D eigenvalue weighted by atomic mass is 10.2. The zero-order chi connectivity index (χ0) is 13.8. The van der Waals surface area contributed by atoms with Crippen molar-refractivity contribution in [2.24, 2.45) is 0 Å². The van der Waals surface area contributed by atoms with Crippen molar-refractivity contribution in [3.63, 3.8) is 0 Å². The molecule has 0 bridgehead atoms. The molecule has 1 aromatic carbocycles. The van der Waals surface area contributed by atoms with Gasteiger partial charge in [-0.25, -0.2) is 4.79 Å². The minimum absolute atomic E-state index is 0.0659. The molecule has 0 heterocycles. The van der Waals surface area contributed by atoms with Gasteiger partial charge < -0.3 is 19.4 Å². The number of rotatable bonds is 6. The molecule has 0 unspecified atom stereocenters. The van der Waals surface area contributed by atoms with Gasteiger partial charge in [-0.3, -0.25) is 0 Å². The van der Waals surface area contributed by atoms with Gasteiger partial charge in [0.15, 0.2) is 0 Å². The molecule has 0 atom stereocenters. The fraction of sp³-hybridized carbons (Fsp3) is 0.462. The van der Waals surface area contributed by atoms with Crippen LogP contribution >= 0.6 is 0 Å². The van der Waals surface area contributed by atoms with Crippen LogP contribution in [0, 0.1) is 0 Å². The van der Waals surface area contributed by atoms with Crippen LogP contribution in [0.5, 0.6) is 11.5 Å². The molecule has 1 rings (SSSR count). The molecule has 0 aliphatic heterocycles. The molecule has 18 heavy (non-hydrogen) atoms. The molecular weight excluding hydrogens is 234 g/mol. The summed E-state index contributed by atoms with van der Waals surface area (Å²) in [4.78, 5) is 10.8. The van der Waals surface area contributed by atoms with Gasteiger partial charge in [-0.1, -0.05) is 11.8 Å². The molecule has 1 N–H and O–H groups in total. The molecule has 0 spiro atoms. The van der Waals surface area contributed by atoms with Crippen LogP contribution in [0.3, 0.4) is 0 Å². The molecule has 0 radical (unpaired) electrons. The van der Waals surface area contributed by atoms with Crippen molar-refractivity contribution >= 4 is 5.97 Å². The minimum Gasteiger partial charge on any atom is -0.870 e. The van der Waals surface area contributed by atoms with E-state index in [1.807, 2.05) is 0 Å². The van der Waals surface area contributed by atoms with Gasteiger partial charge in [0.05, 0.1) is 39.9 Å². The van der Waals surface area contributed by atoms with E-state index in [2.05, 4.69) is 21.1 Å². The topological polar surface area (TPSA) is 69.6 Å². The normalized spacial score (nSPS) is 11.3. The fourth-order valence-electron chi connectivity index (χ4n) is 1.47. The predicted molar refractivity (Wildman–Crippen MR) is 65.9 cm³/mol. The molecule has 100 valence electrons. The van der Waals surface area contributed by atoms with Gasteiger partial charge in [-0.2, -0.15) is 0 Å². The van der Waals surface area contributed by atoms with Crippen molar-refractivity contribution in [2.75, 3.05) is 34.3 Å². The minimum atomic E-state index is -1.06. The second kappa shape index (κ2) is 5.73. The van der Waals surface area contributed by atoms with E-state index in [1.165, 1.54) is 18.2 Å². The maximum atomic E-state index is 11.5. The van der Waals surface area contributed by atoms with Crippen molar-refractivity contribution in [1.29, 1.82) is 0 Å². The first-order chi connectivity index (χ1) is 8.29. The number of hydrogen-bond acceptors (Lipinski definition) is 3. The van der Waals surface area contributed by atoms with Crippen LogP contribution < -0.4 is 9.84 Å². The largest absolute Gasteiger partial charge is 0.870 e. The predicted octanol–water partition coefficient (Wildman–Crippen LogP) is 0.933. The van der Waals surface area contributed by atoms with Crippen molar-refractivity contribution in [3.05, 3.63) is 23.8 Å². The summed E-state index contributed by atoms with van der Waals surface area (Å²) in [6.07, 6.45) is 0.806. The summed E-state index contributed by atoms with van der Waals surface area (Å²) in [5, 5.41) is 20.3. The molecule has 5 nitrogen and oxygen atoms in total. The van der Waals surface area contributed by atoms with Gasteiger partial charge >= 0.3 is 5.97 Å². The van der Waals surface area contributed by atoms with Crippen molar-refractivity contribution in [1.82, 2.24) is 0 Å². The lowest BCUT2D eigenvalue weighted by Gasteiger charge is -2.24. The average molecular weight is 253 g/mol. The number of ether oxygens (including phenoxy) is 1. The van der Waals surface area contributed by atoms with Gasteiger partial charge in [0.1, 0.15) is 5.75 Å². The second-order valence-electron chi connectivity index (χ2n) is 5.18. The summed E-state index contributed by atoms with van der Waals surface area (Å²) >= 11 is 0. The lowest BCUT2D eigenvalue weighted by molar-refractivity contribution is -0.870. The second-order valence-corrected chi connectivity index (χ2v) is 5.18. The molecular formula is C13H19NO4. The Morgan fingerprint density at radius 3 is 2.61 bits per heavy atom. The molecule has 0 aromatic heterocycles. The van der Waals surface area contributed by atoms with E-state index >= 15 is 0 Å². The van der Waals surface area contributed by atoms with Crippen LogP contribution in [0.4, 0.5) is 0 Å². The Balaban J connectivity index is 2.56. The highest BCUT2D eigenvalue weighted by atomic mass is 16.5. The van der Waals surface area contributed by atoms with E-state index in [9.17, 15) is 9.90 Å². The van der Waals surface area contributed by atoms with Gasteiger partial charge in [-0.15, -0.1) is 0 Å². The first-order valence-corrected chi connectivity index (χ1v) is 5.77. The van der Waals surface area contributed by atoms with Crippen LogP contribution in [0.1, 0.15) is 16.8 Å². The van der Waals surface area contributed by atoms with E-state index in [0.717, 1.165) is 17.4 Å². The molecule has 0 aliphatic carbocycles. The third kappa shape index (κ3) is 4.63. The first kappa shape index (κ1) is 14.3. The number of aromatic carboxylic acids is 1.